The summed E-state index contributed by atoms with van der Waals surface area (Å²) in [7, 11) is 0. The first-order valence-corrected chi connectivity index (χ1v) is 4.93. The van der Waals surface area contributed by atoms with Crippen LogP contribution in [0, 0.1) is 3.57 Å². The number of aromatic nitrogens is 2. The molecule has 0 fully saturated rings. The van der Waals surface area contributed by atoms with Crippen molar-refractivity contribution in [3.05, 3.63) is 26.6 Å². The zero-order chi connectivity index (χ0) is 7.84. The molecule has 2 aromatic heterocycles. The third-order valence-corrected chi connectivity index (χ3v) is 2.95. The molecule has 0 aliphatic rings. The van der Waals surface area contributed by atoms with Gasteiger partial charge in [0, 0.05) is 21.4 Å². The molecule has 4 heteroatoms. The fourth-order valence-electron chi connectivity index (χ4n) is 0.997. The Hall–Kier alpha value is -0.100. The smallest absolute Gasteiger partial charge is 0.116 e. The Labute approximate surface area is 85.7 Å². The summed E-state index contributed by atoms with van der Waals surface area (Å²) in [6.45, 7) is 0. The van der Waals surface area contributed by atoms with Gasteiger partial charge in [0.25, 0.3) is 0 Å². The highest BCUT2D eigenvalue weighted by molar-refractivity contribution is 14.1. The van der Waals surface area contributed by atoms with Crippen LogP contribution in [0.2, 0.25) is 0 Å². The average molecular weight is 323 g/mol. The van der Waals surface area contributed by atoms with E-state index in [1.165, 1.54) is 3.57 Å². The molecule has 0 radical (unpaired) electrons. The second kappa shape index (κ2) is 2.75. The van der Waals surface area contributed by atoms with E-state index >= 15 is 0 Å². The predicted octanol–water partition coefficient (Wildman–Crippen LogP) is 2.93. The van der Waals surface area contributed by atoms with Crippen LogP contribution in [0.5, 0.6) is 0 Å². The van der Waals surface area contributed by atoms with Gasteiger partial charge in [-0.1, -0.05) is 0 Å². The Morgan fingerprint density at radius 1 is 1.55 bits per heavy atom. The number of rotatable bonds is 0. The van der Waals surface area contributed by atoms with Gasteiger partial charge in [0.1, 0.15) is 4.60 Å². The van der Waals surface area contributed by atoms with Crippen LogP contribution < -0.4 is 0 Å². The van der Waals surface area contributed by atoms with Crippen molar-refractivity contribution in [3.63, 3.8) is 0 Å². The highest BCUT2D eigenvalue weighted by Crippen LogP contribution is 2.25. The summed E-state index contributed by atoms with van der Waals surface area (Å²) in [4.78, 5) is 7.28. The molecule has 0 spiro atoms. The summed E-state index contributed by atoms with van der Waals surface area (Å²) in [5.41, 5.74) is 1.12. The molecule has 2 nitrogen and oxygen atoms in total. The Balaban J connectivity index is 2.96. The van der Waals surface area contributed by atoms with Crippen molar-refractivity contribution in [3.8, 4) is 0 Å². The van der Waals surface area contributed by atoms with Gasteiger partial charge in [-0.3, -0.25) is 0 Å². The maximum atomic E-state index is 4.13. The first kappa shape index (κ1) is 7.54. The molecular formula is C7H4BrIN2. The van der Waals surface area contributed by atoms with Gasteiger partial charge in [-0.25, -0.2) is 4.98 Å². The molecule has 0 atom stereocenters. The quantitative estimate of drug-likeness (QED) is 0.586. The van der Waals surface area contributed by atoms with Gasteiger partial charge in [-0.15, -0.1) is 0 Å². The molecule has 0 saturated carbocycles. The lowest BCUT2D eigenvalue weighted by molar-refractivity contribution is 1.31. The van der Waals surface area contributed by atoms with E-state index in [1.807, 2.05) is 12.3 Å². The van der Waals surface area contributed by atoms with Crippen LogP contribution in [0.15, 0.2) is 23.1 Å². The van der Waals surface area contributed by atoms with Crippen molar-refractivity contribution < 1.29 is 0 Å². The largest absolute Gasteiger partial charge is 0.360 e. The van der Waals surface area contributed by atoms with Crippen LogP contribution in [0.25, 0.3) is 10.9 Å². The van der Waals surface area contributed by atoms with Crippen LogP contribution in [-0.2, 0) is 0 Å². The van der Waals surface area contributed by atoms with Crippen LogP contribution in [-0.4, -0.2) is 9.97 Å². The second-order valence-corrected chi connectivity index (χ2v) is 4.07. The normalized spacial score (nSPS) is 10.7. The lowest BCUT2D eigenvalue weighted by Gasteiger charge is -1.91. The fourth-order valence-corrected chi connectivity index (χ4v) is 2.61. The number of halogens is 2. The Morgan fingerprint density at radius 3 is 3.09 bits per heavy atom. The first-order valence-electron chi connectivity index (χ1n) is 3.06. The molecule has 1 N–H and O–H groups in total. The van der Waals surface area contributed by atoms with E-state index in [0.29, 0.717) is 0 Å². The Kier molecular flexibility index (Phi) is 1.88. The SMILES string of the molecule is Brc1nccc2[nH]cc(I)c12. The van der Waals surface area contributed by atoms with Gasteiger partial charge in [-0.2, -0.15) is 0 Å². The molecule has 0 aliphatic carbocycles. The molecule has 2 heterocycles. The third kappa shape index (κ3) is 1.18. The fraction of sp³-hybridized carbons (Fsp3) is 0. The standard InChI is InChI=1S/C7H4BrIN2/c8-7-6-4(9)3-11-5(6)1-2-10-7/h1-3,11H. The van der Waals surface area contributed by atoms with Crippen LogP contribution >= 0.6 is 38.5 Å². The maximum Gasteiger partial charge on any atom is 0.116 e. The number of hydrogen-bond donors (Lipinski definition) is 1. The molecular weight excluding hydrogens is 319 g/mol. The molecule has 11 heavy (non-hydrogen) atoms. The van der Waals surface area contributed by atoms with Crippen molar-refractivity contribution >= 4 is 49.4 Å². The number of H-pyrrole nitrogens is 1. The number of nitrogens with zero attached hydrogens (tertiary/aromatic N) is 1. The van der Waals surface area contributed by atoms with E-state index in [0.717, 1.165) is 15.5 Å². The molecule has 2 aromatic rings. The van der Waals surface area contributed by atoms with Gasteiger partial charge < -0.3 is 4.98 Å². The van der Waals surface area contributed by atoms with E-state index in [9.17, 15) is 0 Å². The summed E-state index contributed by atoms with van der Waals surface area (Å²) in [6.07, 6.45) is 3.75. The summed E-state index contributed by atoms with van der Waals surface area (Å²) >= 11 is 5.67. The van der Waals surface area contributed by atoms with E-state index in [-0.39, 0.29) is 0 Å². The number of pyridine rings is 1. The second-order valence-electron chi connectivity index (χ2n) is 2.16. The summed E-state index contributed by atoms with van der Waals surface area (Å²) in [5, 5.41) is 1.16. The van der Waals surface area contributed by atoms with Crippen LogP contribution in [0.3, 0.4) is 0 Å². The maximum absolute atomic E-state index is 4.13. The minimum atomic E-state index is 0.903. The monoisotopic (exact) mass is 322 g/mol. The van der Waals surface area contributed by atoms with Gasteiger partial charge in [-0.05, 0) is 44.6 Å². The number of nitrogens with one attached hydrogen (secondary N) is 1. The molecule has 0 saturated heterocycles. The molecule has 0 bridgehead atoms. The van der Waals surface area contributed by atoms with Crippen molar-refractivity contribution in [2.45, 2.75) is 0 Å². The average Bonchev–Trinajstić information content (AvgIpc) is 2.34. The molecule has 0 unspecified atom stereocenters. The number of fused-ring (bicyclic) bond motifs is 1. The van der Waals surface area contributed by atoms with E-state index in [1.54, 1.807) is 6.20 Å². The van der Waals surface area contributed by atoms with Gasteiger partial charge in [0.2, 0.25) is 0 Å². The minimum Gasteiger partial charge on any atom is -0.360 e. The van der Waals surface area contributed by atoms with E-state index < -0.39 is 0 Å². The first-order chi connectivity index (χ1) is 5.29. The van der Waals surface area contributed by atoms with Crippen molar-refractivity contribution in [1.82, 2.24) is 9.97 Å². The number of aromatic amines is 1. The molecule has 2 rings (SSSR count). The van der Waals surface area contributed by atoms with Crippen molar-refractivity contribution in [2.24, 2.45) is 0 Å². The topological polar surface area (TPSA) is 28.7 Å². The molecule has 0 aromatic carbocycles. The van der Waals surface area contributed by atoms with Gasteiger partial charge in [0.05, 0.1) is 5.52 Å². The predicted molar refractivity (Wildman–Crippen MR) is 56.5 cm³/mol. The highest BCUT2D eigenvalue weighted by Gasteiger charge is 2.03. The Bertz CT molecular complexity index is 396. The number of hydrogen-bond acceptors (Lipinski definition) is 1. The van der Waals surface area contributed by atoms with E-state index in [4.69, 9.17) is 0 Å². The van der Waals surface area contributed by atoms with Crippen molar-refractivity contribution in [1.29, 1.82) is 0 Å². The summed E-state index contributed by atoms with van der Waals surface area (Å²) in [6, 6.07) is 1.96. The van der Waals surface area contributed by atoms with E-state index in [2.05, 4.69) is 48.5 Å². The lowest BCUT2D eigenvalue weighted by Crippen LogP contribution is -1.75. The highest BCUT2D eigenvalue weighted by atomic mass is 127. The zero-order valence-electron chi connectivity index (χ0n) is 5.44. The molecule has 56 valence electrons. The van der Waals surface area contributed by atoms with Gasteiger partial charge in [0.15, 0.2) is 0 Å². The third-order valence-electron chi connectivity index (χ3n) is 1.50. The Morgan fingerprint density at radius 2 is 2.36 bits per heavy atom. The summed E-state index contributed by atoms with van der Waals surface area (Å²) in [5.74, 6) is 0. The molecule has 0 aliphatic heterocycles. The minimum absolute atomic E-state index is 0.903. The van der Waals surface area contributed by atoms with Crippen LogP contribution in [0.1, 0.15) is 0 Å². The zero-order valence-corrected chi connectivity index (χ0v) is 9.18. The van der Waals surface area contributed by atoms with Crippen LogP contribution in [0.4, 0.5) is 0 Å². The summed E-state index contributed by atoms with van der Waals surface area (Å²) < 4.78 is 2.10. The lowest BCUT2D eigenvalue weighted by atomic mass is 10.3. The van der Waals surface area contributed by atoms with Crippen molar-refractivity contribution in [2.75, 3.05) is 0 Å². The molecule has 0 amide bonds. The van der Waals surface area contributed by atoms with Gasteiger partial charge >= 0.3 is 0 Å².